The number of aromatic nitrogens is 1. The summed E-state index contributed by atoms with van der Waals surface area (Å²) in [6.07, 6.45) is 1.89. The number of hydrogen-bond acceptors (Lipinski definition) is 4. The maximum atomic E-state index is 5.84. The van der Waals surface area contributed by atoms with Gasteiger partial charge in [-0.15, -0.1) is 35.3 Å². The molecule has 0 saturated carbocycles. The van der Waals surface area contributed by atoms with E-state index in [-0.39, 0.29) is 29.6 Å². The summed E-state index contributed by atoms with van der Waals surface area (Å²) in [6, 6.07) is 8.42. The SMILES string of the molecule is CN=C(NCc1cccc(COC(C)(C)C)c1)NCc1ncc(C)s1.I. The van der Waals surface area contributed by atoms with Gasteiger partial charge in [-0.2, -0.15) is 0 Å². The van der Waals surface area contributed by atoms with E-state index in [9.17, 15) is 0 Å². The Bertz CT molecular complexity index is 710. The van der Waals surface area contributed by atoms with Crippen LogP contribution in [0.1, 0.15) is 41.8 Å². The fraction of sp³-hybridized carbons (Fsp3) is 0.474. The largest absolute Gasteiger partial charge is 0.371 e. The van der Waals surface area contributed by atoms with Crippen LogP contribution in [0.15, 0.2) is 35.5 Å². The molecule has 0 amide bonds. The van der Waals surface area contributed by atoms with E-state index in [1.54, 1.807) is 18.4 Å². The number of thiazole rings is 1. The topological polar surface area (TPSA) is 58.5 Å². The van der Waals surface area contributed by atoms with Gasteiger partial charge < -0.3 is 15.4 Å². The minimum absolute atomic E-state index is 0. The van der Waals surface area contributed by atoms with E-state index in [1.807, 2.05) is 6.20 Å². The van der Waals surface area contributed by atoms with Crippen molar-refractivity contribution in [2.45, 2.75) is 53.0 Å². The zero-order chi connectivity index (χ0) is 18.3. The van der Waals surface area contributed by atoms with Gasteiger partial charge in [0.1, 0.15) is 5.01 Å². The second-order valence-electron chi connectivity index (χ2n) is 6.86. The first-order valence-corrected chi connectivity index (χ1v) is 9.25. The number of nitrogens with one attached hydrogen (secondary N) is 2. The fourth-order valence-electron chi connectivity index (χ4n) is 2.18. The predicted octanol–water partition coefficient (Wildman–Crippen LogP) is 4.25. The van der Waals surface area contributed by atoms with Gasteiger partial charge in [-0.3, -0.25) is 4.99 Å². The van der Waals surface area contributed by atoms with Gasteiger partial charge in [-0.05, 0) is 38.8 Å². The molecular weight excluding hydrogens is 459 g/mol. The Morgan fingerprint density at radius 1 is 1.19 bits per heavy atom. The van der Waals surface area contributed by atoms with Crippen LogP contribution in [0.5, 0.6) is 0 Å². The average Bonchev–Trinajstić information content (AvgIpc) is 2.98. The molecule has 1 heterocycles. The van der Waals surface area contributed by atoms with E-state index in [2.05, 4.69) is 72.6 Å². The predicted molar refractivity (Wildman–Crippen MR) is 120 cm³/mol. The van der Waals surface area contributed by atoms with Crippen molar-refractivity contribution in [3.63, 3.8) is 0 Å². The van der Waals surface area contributed by atoms with E-state index in [1.165, 1.54) is 16.0 Å². The Balaban J connectivity index is 0.00000338. The minimum atomic E-state index is -0.131. The molecule has 0 unspecified atom stereocenters. The van der Waals surface area contributed by atoms with Crippen LogP contribution < -0.4 is 10.6 Å². The molecular formula is C19H29IN4OS. The van der Waals surface area contributed by atoms with Crippen LogP contribution in [0.4, 0.5) is 0 Å². The van der Waals surface area contributed by atoms with Gasteiger partial charge >= 0.3 is 0 Å². The lowest BCUT2D eigenvalue weighted by molar-refractivity contribution is -0.0149. The van der Waals surface area contributed by atoms with Gasteiger partial charge in [0, 0.05) is 24.7 Å². The third-order valence-corrected chi connectivity index (χ3v) is 4.34. The van der Waals surface area contributed by atoms with Crippen molar-refractivity contribution in [1.82, 2.24) is 15.6 Å². The first-order valence-electron chi connectivity index (χ1n) is 8.43. The van der Waals surface area contributed by atoms with E-state index >= 15 is 0 Å². The number of aliphatic imine (C=N–C) groups is 1. The molecule has 0 saturated heterocycles. The van der Waals surface area contributed by atoms with Gasteiger partial charge in [0.05, 0.1) is 18.8 Å². The molecule has 144 valence electrons. The standard InChI is InChI=1S/C19H28N4OS.HI/c1-14-10-21-17(25-14)12-23-18(20-5)22-11-15-7-6-8-16(9-15)13-24-19(2,3)4;/h6-10H,11-13H2,1-5H3,(H2,20,22,23);1H. The summed E-state index contributed by atoms with van der Waals surface area (Å²) in [7, 11) is 1.77. The van der Waals surface area contributed by atoms with Gasteiger partial charge in [0.2, 0.25) is 0 Å². The molecule has 2 aromatic rings. The summed E-state index contributed by atoms with van der Waals surface area (Å²) in [6.45, 7) is 10.3. The molecule has 0 bridgehead atoms. The van der Waals surface area contributed by atoms with Crippen LogP contribution in [0.2, 0.25) is 0 Å². The first kappa shape index (κ1) is 22.9. The van der Waals surface area contributed by atoms with Crippen molar-refractivity contribution in [3.05, 3.63) is 51.5 Å². The highest BCUT2D eigenvalue weighted by Crippen LogP contribution is 2.13. The van der Waals surface area contributed by atoms with E-state index in [4.69, 9.17) is 4.74 Å². The number of ether oxygens (including phenoxy) is 1. The highest BCUT2D eigenvalue weighted by atomic mass is 127. The Hall–Kier alpha value is -1.19. The number of nitrogens with zero attached hydrogens (tertiary/aromatic N) is 2. The Morgan fingerprint density at radius 2 is 1.88 bits per heavy atom. The van der Waals surface area contributed by atoms with E-state index in [0.29, 0.717) is 19.7 Å². The van der Waals surface area contributed by atoms with Crippen LogP contribution in [0.25, 0.3) is 0 Å². The monoisotopic (exact) mass is 488 g/mol. The first-order chi connectivity index (χ1) is 11.9. The normalized spacial score (nSPS) is 11.8. The molecule has 2 N–H and O–H groups in total. The van der Waals surface area contributed by atoms with Gasteiger partial charge in [0.25, 0.3) is 0 Å². The van der Waals surface area contributed by atoms with Crippen molar-refractivity contribution < 1.29 is 4.74 Å². The average molecular weight is 488 g/mol. The summed E-state index contributed by atoms with van der Waals surface area (Å²) < 4.78 is 5.84. The van der Waals surface area contributed by atoms with E-state index in [0.717, 1.165) is 11.0 Å². The number of benzene rings is 1. The smallest absolute Gasteiger partial charge is 0.191 e. The van der Waals surface area contributed by atoms with Crippen molar-refractivity contribution in [3.8, 4) is 0 Å². The summed E-state index contributed by atoms with van der Waals surface area (Å²) >= 11 is 1.69. The zero-order valence-corrected chi connectivity index (χ0v) is 19.3. The van der Waals surface area contributed by atoms with E-state index < -0.39 is 0 Å². The number of rotatable bonds is 6. The Labute approximate surface area is 177 Å². The third kappa shape index (κ3) is 8.46. The lowest BCUT2D eigenvalue weighted by Gasteiger charge is -2.19. The lowest BCUT2D eigenvalue weighted by atomic mass is 10.1. The van der Waals surface area contributed by atoms with Gasteiger partial charge in [-0.25, -0.2) is 4.98 Å². The van der Waals surface area contributed by atoms with Crippen LogP contribution in [-0.4, -0.2) is 23.6 Å². The quantitative estimate of drug-likeness (QED) is 0.363. The van der Waals surface area contributed by atoms with Crippen LogP contribution in [0.3, 0.4) is 0 Å². The summed E-state index contributed by atoms with van der Waals surface area (Å²) in [5.41, 5.74) is 2.24. The summed E-state index contributed by atoms with van der Waals surface area (Å²) in [4.78, 5) is 9.83. The number of guanidine groups is 1. The molecule has 0 fully saturated rings. The second kappa shape index (κ2) is 10.8. The van der Waals surface area contributed by atoms with Crippen LogP contribution >= 0.6 is 35.3 Å². The van der Waals surface area contributed by atoms with Crippen molar-refractivity contribution in [2.24, 2.45) is 4.99 Å². The van der Waals surface area contributed by atoms with Gasteiger partial charge in [-0.1, -0.05) is 24.3 Å². The maximum Gasteiger partial charge on any atom is 0.191 e. The summed E-state index contributed by atoms with van der Waals surface area (Å²) in [5, 5.41) is 7.69. The maximum absolute atomic E-state index is 5.84. The van der Waals surface area contributed by atoms with Crippen molar-refractivity contribution in [1.29, 1.82) is 0 Å². The minimum Gasteiger partial charge on any atom is -0.371 e. The Morgan fingerprint density at radius 3 is 2.50 bits per heavy atom. The molecule has 0 radical (unpaired) electrons. The van der Waals surface area contributed by atoms with Crippen molar-refractivity contribution >= 4 is 41.3 Å². The molecule has 0 aliphatic heterocycles. The van der Waals surface area contributed by atoms with Crippen LogP contribution in [-0.2, 0) is 24.4 Å². The Kier molecular flexibility index (Phi) is 9.52. The number of hydrogen-bond donors (Lipinski definition) is 2. The number of halogens is 1. The molecule has 1 aromatic heterocycles. The molecule has 0 spiro atoms. The van der Waals surface area contributed by atoms with Crippen molar-refractivity contribution in [2.75, 3.05) is 7.05 Å². The van der Waals surface area contributed by atoms with Crippen LogP contribution in [0, 0.1) is 6.92 Å². The molecule has 7 heteroatoms. The molecule has 2 rings (SSSR count). The highest BCUT2D eigenvalue weighted by molar-refractivity contribution is 14.0. The summed E-state index contributed by atoms with van der Waals surface area (Å²) in [5.74, 6) is 0.768. The molecule has 26 heavy (non-hydrogen) atoms. The molecule has 1 aromatic carbocycles. The third-order valence-electron chi connectivity index (χ3n) is 3.42. The zero-order valence-electron chi connectivity index (χ0n) is 16.1. The highest BCUT2D eigenvalue weighted by Gasteiger charge is 2.10. The lowest BCUT2D eigenvalue weighted by Crippen LogP contribution is -2.36. The molecule has 5 nitrogen and oxygen atoms in total. The molecule has 0 atom stereocenters. The molecule has 0 aliphatic rings. The molecule has 0 aliphatic carbocycles. The fourth-order valence-corrected chi connectivity index (χ4v) is 2.90. The second-order valence-corrected chi connectivity index (χ2v) is 8.18. The van der Waals surface area contributed by atoms with Gasteiger partial charge in [0.15, 0.2) is 5.96 Å². The number of aryl methyl sites for hydroxylation is 1.